The maximum Gasteiger partial charge on any atom is 1.00 e. The molecular weight excluding hydrogens is 1090 g/mol. The van der Waals surface area contributed by atoms with Gasteiger partial charge in [0, 0.05) is 89.9 Å². The topological polar surface area (TPSA) is 288 Å². The van der Waals surface area contributed by atoms with E-state index in [9.17, 15) is 19.2 Å². The third-order valence-corrected chi connectivity index (χ3v) is 13.7. The van der Waals surface area contributed by atoms with Crippen LogP contribution in [-0.4, -0.2) is 112 Å². The number of nitrogens with two attached hydrogens (primary N) is 1. The number of H-pyrrole nitrogens is 3. The molecule has 10 aromatic rings. The summed E-state index contributed by atoms with van der Waals surface area (Å²) in [6.45, 7) is 21.5. The normalized spacial score (nSPS) is 11.0. The Morgan fingerprint density at radius 2 is 1.22 bits per heavy atom. The second-order valence-electron chi connectivity index (χ2n) is 19.2. The molecule has 2 unspecified atom stereocenters. The van der Waals surface area contributed by atoms with E-state index < -0.39 is 18.1 Å². The number of aromatic amines is 3. The van der Waals surface area contributed by atoms with Crippen molar-refractivity contribution in [3.05, 3.63) is 153 Å². The number of halogens is 1. The van der Waals surface area contributed by atoms with Crippen LogP contribution in [0.2, 0.25) is 0 Å². The molecule has 21 nitrogen and oxygen atoms in total. The van der Waals surface area contributed by atoms with Gasteiger partial charge in [0.05, 0.1) is 33.5 Å². The molecule has 0 radical (unpaired) electrons. The van der Waals surface area contributed by atoms with Gasteiger partial charge in [0.25, 0.3) is 0 Å². The van der Waals surface area contributed by atoms with Crippen molar-refractivity contribution in [1.29, 1.82) is 0 Å². The van der Waals surface area contributed by atoms with E-state index in [0.29, 0.717) is 11.4 Å². The molecule has 5 heterocycles. The zero-order valence-corrected chi connectivity index (χ0v) is 52.9. The maximum atomic E-state index is 12.7. The van der Waals surface area contributed by atoms with Crippen molar-refractivity contribution in [3.8, 4) is 0 Å². The first-order valence-corrected chi connectivity index (χ1v) is 26.9. The Balaban J connectivity index is 0.000000286. The second-order valence-corrected chi connectivity index (χ2v) is 19.2. The van der Waals surface area contributed by atoms with Gasteiger partial charge in [0.1, 0.15) is 17.8 Å². The first kappa shape index (κ1) is 69.2. The molecular formula is C60H78ClN15NaO6+. The van der Waals surface area contributed by atoms with Crippen LogP contribution in [0.15, 0.2) is 103 Å². The van der Waals surface area contributed by atoms with Gasteiger partial charge in [0.2, 0.25) is 11.8 Å². The molecule has 5 aromatic carbocycles. The molecule has 0 spiro atoms. The molecule has 8 N–H and O–H groups in total. The van der Waals surface area contributed by atoms with Gasteiger partial charge in [-0.25, -0.2) is 4.79 Å². The van der Waals surface area contributed by atoms with Crippen molar-refractivity contribution in [1.82, 2.24) is 60.1 Å². The Kier molecular flexibility index (Phi) is 27.6. The third kappa shape index (κ3) is 17.7. The number of anilines is 2. The number of urea groups is 1. The number of aromatic nitrogens is 9. The average Bonchev–Trinajstić information content (AvgIpc) is 4.37. The quantitative estimate of drug-likeness (QED) is 0.0238. The predicted molar refractivity (Wildman–Crippen MR) is 331 cm³/mol. The van der Waals surface area contributed by atoms with Crippen molar-refractivity contribution < 1.29 is 54.1 Å². The molecule has 0 saturated carbocycles. The smallest absolute Gasteiger partial charge is 0.399 e. The number of likely N-dealkylation sites (N-methyl/N-ethyl adjacent to an activating group) is 3. The van der Waals surface area contributed by atoms with Crippen LogP contribution < -0.4 is 51.3 Å². The van der Waals surface area contributed by atoms with Crippen LogP contribution in [0, 0.1) is 30.9 Å². The first-order chi connectivity index (χ1) is 38.8. The molecule has 0 bridgehead atoms. The molecule has 4 amide bonds. The van der Waals surface area contributed by atoms with Gasteiger partial charge < -0.3 is 31.2 Å². The van der Waals surface area contributed by atoms with E-state index >= 15 is 0 Å². The van der Waals surface area contributed by atoms with Gasteiger partial charge in [-0.05, 0) is 150 Å². The molecule has 0 saturated heterocycles. The third-order valence-electron chi connectivity index (χ3n) is 13.7. The fraction of sp³-hybridized carbons (Fsp3) is 0.333. The summed E-state index contributed by atoms with van der Waals surface area (Å²) in [5.41, 5.74) is 20.1. The number of nitrogens with zero attached hydrogens (tertiary/aromatic N) is 8. The van der Waals surface area contributed by atoms with Crippen LogP contribution in [0.5, 0.6) is 0 Å². The number of carbonyl (C=O) groups excluding carboxylic acids is 4. The minimum Gasteiger partial charge on any atom is -0.399 e. The van der Waals surface area contributed by atoms with Crippen LogP contribution in [0.4, 0.5) is 16.2 Å². The van der Waals surface area contributed by atoms with Crippen LogP contribution in [0.3, 0.4) is 0 Å². The standard InChI is InChI=1S/C21H32N6O3.C11H15N3.C10H12N2.C9H8N2O.C9H9N.ClH.HNO2.Na/c1-8-17-16-11-10-15(12-18(16)27(9-2)24-17)23-21(30)26(7)14(4)20(29)25(6)13(3)19(28)22-5;1-3-10-9-6-5-8(12)7-11(9)14(4-2)13-10;1-3-9-8-5-4-7(2)6-10(8)12-11-9;1-6-2-3-7-8(4-6)10-11-9(7)5-12;1-7-2-3-8-4-5-10-9(8)6-7;;2-1-3;/h10-14H,8-9H2,1-7H3,(H,22,28)(H,23,30);5-7H,3-4,12H2,1-2H3;4-6H,3H2,1-2H3,(H,11,12);2-5H,1H3,(H,10,11);2-6,10H,1H3;1H;1H;/q;;;;;;;+1. The van der Waals surface area contributed by atoms with Gasteiger partial charge in [-0.2, -0.15) is 20.4 Å². The second kappa shape index (κ2) is 33.1. The summed E-state index contributed by atoms with van der Waals surface area (Å²) in [7, 11) is 4.63. The molecule has 436 valence electrons. The summed E-state index contributed by atoms with van der Waals surface area (Å²) in [6.07, 6.45) is 5.56. The summed E-state index contributed by atoms with van der Waals surface area (Å²) in [5.74, 6) is -0.590. The number of amides is 4. The number of aldehydes is 1. The Labute approximate surface area is 512 Å². The Morgan fingerprint density at radius 1 is 0.699 bits per heavy atom. The number of fused-ring (bicyclic) bond motifs is 5. The number of benzene rings is 5. The molecule has 83 heavy (non-hydrogen) atoms. The average molecular weight is 1160 g/mol. The Bertz CT molecular complexity index is 3730. The number of hydrogen-bond acceptors (Lipinski definition) is 11. The summed E-state index contributed by atoms with van der Waals surface area (Å²) in [5, 5.41) is 42.5. The number of carbonyl (C=O) groups is 4. The predicted octanol–water partition coefficient (Wildman–Crippen LogP) is 6.62. The molecule has 0 aliphatic carbocycles. The van der Waals surface area contributed by atoms with Gasteiger partial charge in [0.15, 0.2) is 6.29 Å². The molecule has 10 rings (SSSR count). The summed E-state index contributed by atoms with van der Waals surface area (Å²) in [6, 6.07) is 30.5. The first-order valence-electron chi connectivity index (χ1n) is 26.9. The largest absolute Gasteiger partial charge is 1.00 e. The van der Waals surface area contributed by atoms with E-state index in [1.54, 1.807) is 27.9 Å². The summed E-state index contributed by atoms with van der Waals surface area (Å²) in [4.78, 5) is 61.7. The Morgan fingerprint density at radius 3 is 1.77 bits per heavy atom. The number of rotatable bonds is 11. The van der Waals surface area contributed by atoms with Gasteiger partial charge in [-0.1, -0.05) is 57.2 Å². The van der Waals surface area contributed by atoms with E-state index in [1.807, 2.05) is 77.9 Å². The van der Waals surface area contributed by atoms with Crippen LogP contribution >= 0.6 is 12.4 Å². The van der Waals surface area contributed by atoms with Crippen molar-refractivity contribution >= 4 is 102 Å². The SMILES string of the molecule is CCc1[nH]nc2cc(C)ccc12.CCc1nn(CC)c2cc(N)ccc12.CCc1nn(CC)c2cc(NC(=O)N(C)C(C)C(=O)N(C)C(C)C(=O)NC)ccc12.Cc1ccc2c(C=O)[nH]nc2c1.Cc1ccc2cc[nH]c2c1.Cl.O=[NH+][O-].[Na+]. The van der Waals surface area contributed by atoms with E-state index in [1.165, 1.54) is 55.3 Å². The van der Waals surface area contributed by atoms with Crippen LogP contribution in [0.1, 0.15) is 92.7 Å². The minimum absolute atomic E-state index is 0. The number of nitrogen functional groups attached to an aromatic ring is 1. The molecule has 2 atom stereocenters. The zero-order chi connectivity index (χ0) is 59.5. The van der Waals surface area contributed by atoms with Crippen molar-refractivity contribution in [2.75, 3.05) is 32.2 Å². The van der Waals surface area contributed by atoms with Gasteiger partial charge in [-0.3, -0.25) is 44.1 Å². The van der Waals surface area contributed by atoms with Crippen molar-refractivity contribution in [2.24, 2.45) is 0 Å². The molecule has 0 aliphatic heterocycles. The van der Waals surface area contributed by atoms with Gasteiger partial charge >= 0.3 is 35.6 Å². The number of nitrogens with one attached hydrogen (secondary N) is 6. The maximum absolute atomic E-state index is 12.7. The van der Waals surface area contributed by atoms with E-state index in [4.69, 9.17) is 15.8 Å². The molecule has 5 aromatic heterocycles. The Hall–Kier alpha value is -8.11. The summed E-state index contributed by atoms with van der Waals surface area (Å²) < 4.78 is 3.92. The van der Waals surface area contributed by atoms with Crippen molar-refractivity contribution in [3.63, 3.8) is 0 Å². The number of aryl methyl sites for hydroxylation is 8. The van der Waals surface area contributed by atoms with Crippen LogP contribution in [0.25, 0.3) is 54.5 Å². The minimum atomic E-state index is -0.737. The van der Waals surface area contributed by atoms with E-state index in [0.717, 1.165) is 94.1 Å². The fourth-order valence-electron chi connectivity index (χ4n) is 8.85. The van der Waals surface area contributed by atoms with Crippen LogP contribution in [-0.2, 0) is 41.9 Å². The molecule has 23 heteroatoms. The molecule has 0 fully saturated rings. The van der Waals surface area contributed by atoms with E-state index in [-0.39, 0.29) is 59.1 Å². The van der Waals surface area contributed by atoms with Gasteiger partial charge in [-0.15, -0.1) is 12.4 Å². The molecule has 0 aliphatic rings. The zero-order valence-electron chi connectivity index (χ0n) is 50.1. The summed E-state index contributed by atoms with van der Waals surface area (Å²) >= 11 is 0. The van der Waals surface area contributed by atoms with E-state index in [2.05, 4.69) is 136 Å². The fourth-order valence-corrected chi connectivity index (χ4v) is 8.85. The van der Waals surface area contributed by atoms with Crippen molar-refractivity contribution in [2.45, 2.75) is 114 Å². The number of hydrogen-bond donors (Lipinski definition) is 7. The monoisotopic (exact) mass is 1160 g/mol.